The summed E-state index contributed by atoms with van der Waals surface area (Å²) >= 11 is 3.56. The molecule has 0 aliphatic carbocycles. The predicted octanol–water partition coefficient (Wildman–Crippen LogP) is 2.81. The van der Waals surface area contributed by atoms with E-state index in [0.29, 0.717) is 6.04 Å². The number of aliphatic imine (C=N–C) groups is 1. The van der Waals surface area contributed by atoms with Gasteiger partial charge in [0, 0.05) is 22.9 Å². The third kappa shape index (κ3) is 3.22. The second-order valence-electron chi connectivity index (χ2n) is 3.85. The Balaban J connectivity index is 1.91. The van der Waals surface area contributed by atoms with E-state index < -0.39 is 0 Å². The summed E-state index contributed by atoms with van der Waals surface area (Å²) in [5.74, 6) is 1.19. The first-order chi connectivity index (χ1) is 7.78. The first-order valence-electron chi connectivity index (χ1n) is 5.63. The Morgan fingerprint density at radius 1 is 1.62 bits per heavy atom. The van der Waals surface area contributed by atoms with Crippen LogP contribution in [0, 0.1) is 6.92 Å². The monoisotopic (exact) mass is 255 g/mol. The number of hydrogen-bond donors (Lipinski definition) is 1. The van der Waals surface area contributed by atoms with Gasteiger partial charge in [0.25, 0.3) is 0 Å². The predicted molar refractivity (Wildman–Crippen MR) is 72.3 cm³/mol. The number of hydrogen-bond acceptors (Lipinski definition) is 4. The first-order valence-corrected chi connectivity index (χ1v) is 7.43. The maximum absolute atomic E-state index is 4.60. The van der Waals surface area contributed by atoms with Crippen LogP contribution in [0.1, 0.15) is 29.7 Å². The molecule has 1 aliphatic heterocycles. The smallest absolute Gasteiger partial charge is 0.157 e. The average molecular weight is 255 g/mol. The van der Waals surface area contributed by atoms with Gasteiger partial charge in [-0.1, -0.05) is 18.7 Å². The Kier molecular flexibility index (Phi) is 4.23. The van der Waals surface area contributed by atoms with Gasteiger partial charge in [-0.05, 0) is 19.8 Å². The van der Waals surface area contributed by atoms with Gasteiger partial charge in [0.2, 0.25) is 0 Å². The molecule has 0 bridgehead atoms. The molecule has 1 aliphatic rings. The highest BCUT2D eigenvalue weighted by atomic mass is 32.2. The number of amidine groups is 1. The third-order valence-corrected chi connectivity index (χ3v) is 4.43. The van der Waals surface area contributed by atoms with E-state index in [4.69, 9.17) is 0 Å². The van der Waals surface area contributed by atoms with E-state index in [-0.39, 0.29) is 0 Å². The van der Waals surface area contributed by atoms with Gasteiger partial charge in [-0.2, -0.15) is 0 Å². The summed E-state index contributed by atoms with van der Waals surface area (Å²) in [4.78, 5) is 10.1. The molecule has 2 rings (SSSR count). The summed E-state index contributed by atoms with van der Waals surface area (Å²) in [5, 5.41) is 5.69. The number of nitrogens with zero attached hydrogens (tertiary/aromatic N) is 2. The van der Waals surface area contributed by atoms with Gasteiger partial charge in [-0.15, -0.1) is 11.3 Å². The van der Waals surface area contributed by atoms with E-state index in [0.717, 1.165) is 16.7 Å². The molecular formula is C11H17N3S2. The number of aromatic nitrogens is 1. The Bertz CT molecular complexity index is 373. The van der Waals surface area contributed by atoms with Crippen LogP contribution in [0.5, 0.6) is 0 Å². The van der Waals surface area contributed by atoms with E-state index in [1.54, 1.807) is 11.3 Å². The third-order valence-electron chi connectivity index (χ3n) is 2.57. The van der Waals surface area contributed by atoms with E-state index in [1.807, 2.05) is 24.9 Å². The molecule has 1 N–H and O–H groups in total. The summed E-state index contributed by atoms with van der Waals surface area (Å²) < 4.78 is 0. The largest absolute Gasteiger partial charge is 0.362 e. The minimum Gasteiger partial charge on any atom is -0.362 e. The van der Waals surface area contributed by atoms with Crippen LogP contribution in [0.4, 0.5) is 0 Å². The second-order valence-corrected chi connectivity index (χ2v) is 6.26. The number of nitrogens with one attached hydrogen (secondary N) is 1. The van der Waals surface area contributed by atoms with Gasteiger partial charge in [-0.3, -0.25) is 4.99 Å². The molecule has 1 fully saturated rings. The zero-order valence-electron chi connectivity index (χ0n) is 9.69. The van der Waals surface area contributed by atoms with Crippen molar-refractivity contribution in [1.29, 1.82) is 0 Å². The fourth-order valence-corrected chi connectivity index (χ4v) is 3.33. The van der Waals surface area contributed by atoms with E-state index in [2.05, 4.69) is 22.2 Å². The molecule has 1 saturated heterocycles. The van der Waals surface area contributed by atoms with Crippen molar-refractivity contribution in [2.24, 2.45) is 4.99 Å². The van der Waals surface area contributed by atoms with E-state index >= 15 is 0 Å². The molecule has 0 radical (unpaired) electrons. The summed E-state index contributed by atoms with van der Waals surface area (Å²) in [6, 6.07) is 0.614. The Hall–Kier alpha value is -0.550. The lowest BCUT2D eigenvalue weighted by Gasteiger charge is -2.24. The molecule has 0 aromatic carbocycles. The van der Waals surface area contributed by atoms with Crippen LogP contribution in [0.3, 0.4) is 0 Å². The van der Waals surface area contributed by atoms with Crippen molar-refractivity contribution >= 4 is 28.3 Å². The van der Waals surface area contributed by atoms with Gasteiger partial charge in [0.1, 0.15) is 0 Å². The lowest BCUT2D eigenvalue weighted by atomic mass is 10.2. The fourth-order valence-electron chi connectivity index (χ4n) is 1.61. The van der Waals surface area contributed by atoms with Crippen molar-refractivity contribution < 1.29 is 0 Å². The summed E-state index contributed by atoms with van der Waals surface area (Å²) in [6.45, 7) is 5.01. The van der Waals surface area contributed by atoms with Crippen LogP contribution in [-0.2, 0) is 6.54 Å². The van der Waals surface area contributed by atoms with Gasteiger partial charge in [0.15, 0.2) is 5.17 Å². The minimum absolute atomic E-state index is 0.614. The molecular weight excluding hydrogens is 238 g/mol. The topological polar surface area (TPSA) is 37.3 Å². The van der Waals surface area contributed by atoms with Crippen LogP contribution in [-0.4, -0.2) is 21.9 Å². The molecule has 3 nitrogen and oxygen atoms in total. The van der Waals surface area contributed by atoms with Crippen LogP contribution in [0.15, 0.2) is 11.2 Å². The lowest BCUT2D eigenvalue weighted by Crippen LogP contribution is -2.37. The molecule has 88 valence electrons. The van der Waals surface area contributed by atoms with Crippen LogP contribution >= 0.6 is 23.1 Å². The molecule has 1 atom stereocenters. The number of thioether (sulfide) groups is 1. The zero-order chi connectivity index (χ0) is 11.4. The molecule has 1 aromatic rings. The SMILES string of the molecule is CCC1CCSC(=NCc2cnc(C)s2)N1. The normalized spacial score (nSPS) is 23.4. The highest BCUT2D eigenvalue weighted by Gasteiger charge is 2.15. The Morgan fingerprint density at radius 2 is 2.50 bits per heavy atom. The van der Waals surface area contributed by atoms with Gasteiger partial charge in [0.05, 0.1) is 11.6 Å². The quantitative estimate of drug-likeness (QED) is 0.902. The van der Waals surface area contributed by atoms with Gasteiger partial charge >= 0.3 is 0 Å². The number of rotatable bonds is 3. The molecule has 1 unspecified atom stereocenters. The Morgan fingerprint density at radius 3 is 3.19 bits per heavy atom. The van der Waals surface area contributed by atoms with Crippen molar-refractivity contribution in [3.8, 4) is 0 Å². The zero-order valence-corrected chi connectivity index (χ0v) is 11.3. The molecule has 16 heavy (non-hydrogen) atoms. The van der Waals surface area contributed by atoms with Crippen LogP contribution in [0.2, 0.25) is 0 Å². The summed E-state index contributed by atoms with van der Waals surface area (Å²) in [5.41, 5.74) is 0. The summed E-state index contributed by atoms with van der Waals surface area (Å²) in [7, 11) is 0. The molecule has 1 aromatic heterocycles. The highest BCUT2D eigenvalue weighted by Crippen LogP contribution is 2.18. The van der Waals surface area contributed by atoms with Gasteiger partial charge < -0.3 is 5.32 Å². The fraction of sp³-hybridized carbons (Fsp3) is 0.636. The molecule has 2 heterocycles. The Labute approximate surface area is 105 Å². The maximum Gasteiger partial charge on any atom is 0.157 e. The molecule has 0 amide bonds. The first kappa shape index (κ1) is 11.9. The molecule has 5 heteroatoms. The lowest BCUT2D eigenvalue weighted by molar-refractivity contribution is 0.570. The minimum atomic E-state index is 0.614. The van der Waals surface area contributed by atoms with Crippen molar-refractivity contribution in [2.45, 2.75) is 39.3 Å². The van der Waals surface area contributed by atoms with Crippen molar-refractivity contribution in [3.63, 3.8) is 0 Å². The van der Waals surface area contributed by atoms with Gasteiger partial charge in [-0.25, -0.2) is 4.98 Å². The van der Waals surface area contributed by atoms with Crippen LogP contribution < -0.4 is 5.32 Å². The van der Waals surface area contributed by atoms with Crippen LogP contribution in [0.25, 0.3) is 0 Å². The molecule has 0 saturated carbocycles. The molecule has 0 spiro atoms. The maximum atomic E-state index is 4.60. The second kappa shape index (κ2) is 5.68. The number of aryl methyl sites for hydroxylation is 1. The van der Waals surface area contributed by atoms with E-state index in [9.17, 15) is 0 Å². The average Bonchev–Trinajstić information content (AvgIpc) is 2.73. The highest BCUT2D eigenvalue weighted by molar-refractivity contribution is 8.13. The van der Waals surface area contributed by atoms with Crippen molar-refractivity contribution in [1.82, 2.24) is 10.3 Å². The van der Waals surface area contributed by atoms with Crippen molar-refractivity contribution in [3.05, 3.63) is 16.1 Å². The van der Waals surface area contributed by atoms with Crippen molar-refractivity contribution in [2.75, 3.05) is 5.75 Å². The number of thiazole rings is 1. The van der Waals surface area contributed by atoms with E-state index in [1.165, 1.54) is 23.5 Å². The summed E-state index contributed by atoms with van der Waals surface area (Å²) in [6.07, 6.45) is 4.36. The standard InChI is InChI=1S/C11H17N3S2/c1-3-9-4-5-15-11(14-9)13-7-10-6-12-8(2)16-10/h6,9H,3-5,7H2,1-2H3,(H,13,14).